The summed E-state index contributed by atoms with van der Waals surface area (Å²) in [6.07, 6.45) is 3.22. The average Bonchev–Trinajstić information content (AvgIpc) is 3.31. The van der Waals surface area contributed by atoms with Crippen LogP contribution < -0.4 is 11.1 Å². The van der Waals surface area contributed by atoms with Crippen molar-refractivity contribution in [2.24, 2.45) is 0 Å². The number of aromatic nitrogens is 1. The van der Waals surface area contributed by atoms with Gasteiger partial charge in [-0.1, -0.05) is 25.0 Å². The molecule has 3 aromatic rings. The molecule has 30 heavy (non-hydrogen) atoms. The Bertz CT molecular complexity index is 1130. The molecule has 1 aromatic heterocycles. The van der Waals surface area contributed by atoms with Crippen LogP contribution in [0, 0.1) is 5.82 Å². The van der Waals surface area contributed by atoms with Crippen molar-refractivity contribution < 1.29 is 13.6 Å². The second-order valence-corrected chi connectivity index (χ2v) is 8.26. The molecule has 0 unspecified atom stereocenters. The fraction of sp³-hybridized carbons (Fsp3) is 0.391. The van der Waals surface area contributed by atoms with Crippen LogP contribution in [0.15, 0.2) is 51.7 Å². The molecule has 1 aliphatic rings. The lowest BCUT2D eigenvalue weighted by molar-refractivity contribution is -0.121. The number of carbonyl (C=O) groups is 1. The molecule has 1 N–H and O–H groups in total. The molecule has 1 fully saturated rings. The molecule has 0 saturated heterocycles. The number of amides is 1. The van der Waals surface area contributed by atoms with Crippen molar-refractivity contribution in [2.75, 3.05) is 26.0 Å². The van der Waals surface area contributed by atoms with E-state index in [1.807, 2.05) is 25.1 Å². The number of benzene rings is 2. The molecule has 1 amide bonds. The fourth-order valence-corrected chi connectivity index (χ4v) is 4.31. The number of rotatable bonds is 6. The van der Waals surface area contributed by atoms with Gasteiger partial charge in [-0.05, 0) is 62.8 Å². The number of fused-ring (bicyclic) bond motifs is 1. The summed E-state index contributed by atoms with van der Waals surface area (Å²) in [4.78, 5) is 27.6. The van der Waals surface area contributed by atoms with Gasteiger partial charge >= 0.3 is 5.76 Å². The molecule has 0 radical (unpaired) electrons. The number of nitrogens with zero attached hydrogens (tertiary/aromatic N) is 2. The van der Waals surface area contributed by atoms with E-state index in [0.717, 1.165) is 12.8 Å². The van der Waals surface area contributed by atoms with Crippen molar-refractivity contribution in [3.8, 4) is 0 Å². The van der Waals surface area contributed by atoms with Crippen molar-refractivity contribution >= 4 is 22.7 Å². The summed E-state index contributed by atoms with van der Waals surface area (Å²) in [5.74, 6) is -0.894. The zero-order valence-corrected chi connectivity index (χ0v) is 17.3. The van der Waals surface area contributed by atoms with Gasteiger partial charge in [0.15, 0.2) is 5.58 Å². The second kappa shape index (κ2) is 8.07. The summed E-state index contributed by atoms with van der Waals surface area (Å²) in [6, 6.07) is 11.5. The van der Waals surface area contributed by atoms with E-state index >= 15 is 0 Å². The lowest BCUT2D eigenvalue weighted by Gasteiger charge is -2.28. The first-order chi connectivity index (χ1) is 14.4. The van der Waals surface area contributed by atoms with Crippen LogP contribution in [0.4, 0.5) is 10.1 Å². The predicted molar refractivity (Wildman–Crippen MR) is 114 cm³/mol. The standard InChI is InChI=1S/C23H26FN3O3/c1-26(2)12-13-27-19-15-18(8-9-20(19)30-22(27)29)25-21(28)23(10-3-4-11-23)16-6-5-7-17(24)14-16/h5-9,14-15H,3-4,10-13H2,1-2H3,(H,25,28). The molecule has 0 bridgehead atoms. The van der Waals surface area contributed by atoms with E-state index in [-0.39, 0.29) is 11.7 Å². The van der Waals surface area contributed by atoms with Crippen molar-refractivity contribution in [3.63, 3.8) is 0 Å². The highest BCUT2D eigenvalue weighted by Crippen LogP contribution is 2.42. The van der Waals surface area contributed by atoms with Gasteiger partial charge in [0.1, 0.15) is 5.82 Å². The second-order valence-electron chi connectivity index (χ2n) is 8.26. The molecular weight excluding hydrogens is 385 g/mol. The summed E-state index contributed by atoms with van der Waals surface area (Å²) < 4.78 is 20.8. The number of anilines is 1. The van der Waals surface area contributed by atoms with Gasteiger partial charge in [0.25, 0.3) is 0 Å². The summed E-state index contributed by atoms with van der Waals surface area (Å²) >= 11 is 0. The smallest absolute Gasteiger partial charge is 0.408 e. The Kier molecular flexibility index (Phi) is 5.47. The number of likely N-dealkylation sites (N-methyl/N-ethyl adjacent to an activating group) is 1. The third kappa shape index (κ3) is 3.77. The Hall–Kier alpha value is -2.93. The van der Waals surface area contributed by atoms with Crippen LogP contribution in [0.2, 0.25) is 0 Å². The van der Waals surface area contributed by atoms with Crippen LogP contribution >= 0.6 is 0 Å². The highest BCUT2D eigenvalue weighted by Gasteiger charge is 2.42. The van der Waals surface area contributed by atoms with E-state index in [0.29, 0.717) is 48.3 Å². The maximum Gasteiger partial charge on any atom is 0.419 e. The number of carbonyl (C=O) groups excluding carboxylic acids is 1. The Morgan fingerprint density at radius 1 is 1.20 bits per heavy atom. The maximum absolute atomic E-state index is 13.9. The Labute approximate surface area is 174 Å². The SMILES string of the molecule is CN(C)CCn1c(=O)oc2ccc(NC(=O)C3(c4cccc(F)c4)CCCC3)cc21. The van der Waals surface area contributed by atoms with Crippen LogP contribution in [0.3, 0.4) is 0 Å². The molecule has 0 atom stereocenters. The van der Waals surface area contributed by atoms with Gasteiger partial charge in [-0.25, -0.2) is 9.18 Å². The van der Waals surface area contributed by atoms with Gasteiger partial charge in [-0.3, -0.25) is 9.36 Å². The summed E-state index contributed by atoms with van der Waals surface area (Å²) in [7, 11) is 3.87. The number of oxazole rings is 1. The van der Waals surface area contributed by atoms with Crippen LogP contribution in [-0.2, 0) is 16.8 Å². The highest BCUT2D eigenvalue weighted by atomic mass is 19.1. The molecule has 4 rings (SSSR count). The molecule has 6 nitrogen and oxygen atoms in total. The number of hydrogen-bond acceptors (Lipinski definition) is 4. The van der Waals surface area contributed by atoms with E-state index in [1.54, 1.807) is 28.8 Å². The van der Waals surface area contributed by atoms with Gasteiger partial charge in [0.2, 0.25) is 5.91 Å². The zero-order valence-electron chi connectivity index (χ0n) is 17.3. The van der Waals surface area contributed by atoms with Crippen molar-refractivity contribution in [3.05, 3.63) is 64.4 Å². The number of halogens is 1. The van der Waals surface area contributed by atoms with E-state index in [1.165, 1.54) is 12.1 Å². The number of nitrogens with one attached hydrogen (secondary N) is 1. The largest absolute Gasteiger partial charge is 0.419 e. The van der Waals surface area contributed by atoms with Gasteiger partial charge in [-0.2, -0.15) is 0 Å². The zero-order chi connectivity index (χ0) is 21.3. The predicted octanol–water partition coefficient (Wildman–Crippen LogP) is 3.75. The first-order valence-corrected chi connectivity index (χ1v) is 10.2. The van der Waals surface area contributed by atoms with Crippen LogP contribution in [0.25, 0.3) is 11.1 Å². The van der Waals surface area contributed by atoms with E-state index < -0.39 is 11.2 Å². The van der Waals surface area contributed by atoms with Crippen LogP contribution in [0.5, 0.6) is 0 Å². The molecule has 0 spiro atoms. The Morgan fingerprint density at radius 3 is 2.67 bits per heavy atom. The average molecular weight is 411 g/mol. The molecule has 1 saturated carbocycles. The lowest BCUT2D eigenvalue weighted by atomic mass is 9.78. The third-order valence-corrected chi connectivity index (χ3v) is 5.97. The molecule has 158 valence electrons. The minimum absolute atomic E-state index is 0.143. The van der Waals surface area contributed by atoms with Gasteiger partial charge in [0, 0.05) is 18.8 Å². The monoisotopic (exact) mass is 411 g/mol. The molecule has 0 aliphatic heterocycles. The van der Waals surface area contributed by atoms with E-state index in [9.17, 15) is 14.0 Å². The molecule has 1 aliphatic carbocycles. The lowest BCUT2D eigenvalue weighted by Crippen LogP contribution is -2.38. The van der Waals surface area contributed by atoms with Crippen molar-refractivity contribution in [2.45, 2.75) is 37.6 Å². The summed E-state index contributed by atoms with van der Waals surface area (Å²) in [6.45, 7) is 1.18. The molecular formula is C23H26FN3O3. The Balaban J connectivity index is 1.65. The highest BCUT2D eigenvalue weighted by molar-refractivity contribution is 6.00. The first-order valence-electron chi connectivity index (χ1n) is 10.2. The van der Waals surface area contributed by atoms with E-state index in [2.05, 4.69) is 5.32 Å². The van der Waals surface area contributed by atoms with Gasteiger partial charge in [0.05, 0.1) is 10.9 Å². The normalized spacial score (nSPS) is 15.7. The topological polar surface area (TPSA) is 67.5 Å². The van der Waals surface area contributed by atoms with Crippen LogP contribution in [-0.4, -0.2) is 36.0 Å². The van der Waals surface area contributed by atoms with Crippen molar-refractivity contribution in [1.29, 1.82) is 0 Å². The van der Waals surface area contributed by atoms with Crippen LogP contribution in [0.1, 0.15) is 31.2 Å². The van der Waals surface area contributed by atoms with Gasteiger partial charge in [-0.15, -0.1) is 0 Å². The fourth-order valence-electron chi connectivity index (χ4n) is 4.31. The minimum atomic E-state index is -0.738. The third-order valence-electron chi connectivity index (χ3n) is 5.97. The summed E-state index contributed by atoms with van der Waals surface area (Å²) in [5.41, 5.74) is 1.70. The number of hydrogen-bond donors (Lipinski definition) is 1. The maximum atomic E-state index is 13.9. The molecule has 1 heterocycles. The quantitative estimate of drug-likeness (QED) is 0.671. The summed E-state index contributed by atoms with van der Waals surface area (Å²) in [5, 5.41) is 3.01. The Morgan fingerprint density at radius 2 is 1.97 bits per heavy atom. The van der Waals surface area contributed by atoms with Crippen molar-refractivity contribution in [1.82, 2.24) is 9.47 Å². The van der Waals surface area contributed by atoms with Gasteiger partial charge < -0.3 is 14.6 Å². The first kappa shape index (κ1) is 20.3. The molecule has 7 heteroatoms. The minimum Gasteiger partial charge on any atom is -0.408 e. The molecule has 2 aromatic carbocycles. The van der Waals surface area contributed by atoms with E-state index in [4.69, 9.17) is 4.42 Å².